The summed E-state index contributed by atoms with van der Waals surface area (Å²) in [5, 5.41) is 4.33. The monoisotopic (exact) mass is 237 g/mol. The molecule has 2 aliphatic heterocycles. The zero-order chi connectivity index (χ0) is 11.0. The van der Waals surface area contributed by atoms with Crippen LogP contribution in [0.25, 0.3) is 0 Å². The highest BCUT2D eigenvalue weighted by Crippen LogP contribution is 2.37. The fourth-order valence-electron chi connectivity index (χ4n) is 2.62. The van der Waals surface area contributed by atoms with E-state index >= 15 is 0 Å². The first-order chi connectivity index (χ1) is 7.84. The van der Waals surface area contributed by atoms with Crippen molar-refractivity contribution in [2.45, 2.75) is 31.7 Å². The molecule has 2 aliphatic rings. The van der Waals surface area contributed by atoms with Gasteiger partial charge in [0, 0.05) is 12.5 Å². The van der Waals surface area contributed by atoms with Crippen molar-refractivity contribution in [2.24, 2.45) is 0 Å². The second kappa shape index (κ2) is 4.27. The maximum Gasteiger partial charge on any atom is 0.141 e. The van der Waals surface area contributed by atoms with Crippen LogP contribution in [0.4, 0.5) is 0 Å². The van der Waals surface area contributed by atoms with Gasteiger partial charge < -0.3 is 10.1 Å². The maximum absolute atomic E-state index is 6.24. The molecular weight excluding hydrogens is 222 g/mol. The van der Waals surface area contributed by atoms with Crippen LogP contribution in [0.3, 0.4) is 0 Å². The van der Waals surface area contributed by atoms with Gasteiger partial charge in [0.1, 0.15) is 5.75 Å². The summed E-state index contributed by atoms with van der Waals surface area (Å²) in [6, 6.07) is 4.81. The number of ether oxygens (including phenoxy) is 1. The van der Waals surface area contributed by atoms with Gasteiger partial charge in [0.2, 0.25) is 0 Å². The molecule has 0 aliphatic carbocycles. The zero-order valence-corrected chi connectivity index (χ0v) is 10.0. The molecule has 0 aromatic heterocycles. The third kappa shape index (κ3) is 1.80. The van der Waals surface area contributed by atoms with Crippen LogP contribution < -0.4 is 10.1 Å². The highest BCUT2D eigenvalue weighted by molar-refractivity contribution is 6.32. The Kier molecular flexibility index (Phi) is 2.78. The third-order valence-corrected chi connectivity index (χ3v) is 3.75. The van der Waals surface area contributed by atoms with Crippen molar-refractivity contribution in [3.63, 3.8) is 0 Å². The Labute approximate surface area is 101 Å². The maximum atomic E-state index is 6.24. The molecule has 86 valence electrons. The minimum atomic E-state index is 0.483. The summed E-state index contributed by atoms with van der Waals surface area (Å²) >= 11 is 6.24. The lowest BCUT2D eigenvalue weighted by atomic mass is 9.95. The van der Waals surface area contributed by atoms with Crippen LogP contribution in [0.5, 0.6) is 5.75 Å². The number of hydrogen-bond donors (Lipinski definition) is 1. The molecule has 0 radical (unpaired) electrons. The second-order valence-electron chi connectivity index (χ2n) is 4.59. The Morgan fingerprint density at radius 3 is 3.06 bits per heavy atom. The Hall–Kier alpha value is -0.730. The van der Waals surface area contributed by atoms with Crippen molar-refractivity contribution in [3.05, 3.63) is 28.3 Å². The highest BCUT2D eigenvalue weighted by Gasteiger charge is 2.21. The minimum Gasteiger partial charge on any atom is -0.491 e. The standard InChI is InChI=1S/C13H16ClNO/c14-11-8-10(12-3-1-2-5-15-12)7-9-4-6-16-13(9)11/h7-8,12,15H,1-6H2. The predicted octanol–water partition coefficient (Wildman–Crippen LogP) is 3.09. The van der Waals surface area contributed by atoms with Crippen molar-refractivity contribution in [1.29, 1.82) is 0 Å². The topological polar surface area (TPSA) is 21.3 Å². The summed E-state index contributed by atoms with van der Waals surface area (Å²) in [5.41, 5.74) is 2.60. The van der Waals surface area contributed by atoms with Gasteiger partial charge in [-0.05, 0) is 36.6 Å². The molecule has 2 heterocycles. The predicted molar refractivity (Wildman–Crippen MR) is 65.2 cm³/mol. The van der Waals surface area contributed by atoms with Gasteiger partial charge in [0.25, 0.3) is 0 Å². The van der Waals surface area contributed by atoms with E-state index < -0.39 is 0 Å². The van der Waals surface area contributed by atoms with Crippen LogP contribution >= 0.6 is 11.6 Å². The highest BCUT2D eigenvalue weighted by atomic mass is 35.5. The van der Waals surface area contributed by atoms with Gasteiger partial charge in [-0.1, -0.05) is 24.1 Å². The Balaban J connectivity index is 1.92. The number of hydrogen-bond acceptors (Lipinski definition) is 2. The number of halogens is 1. The van der Waals surface area contributed by atoms with Crippen molar-refractivity contribution in [1.82, 2.24) is 5.32 Å². The van der Waals surface area contributed by atoms with Gasteiger partial charge >= 0.3 is 0 Å². The van der Waals surface area contributed by atoms with Crippen LogP contribution in [0, 0.1) is 0 Å². The van der Waals surface area contributed by atoms with Crippen molar-refractivity contribution in [3.8, 4) is 5.75 Å². The average Bonchev–Trinajstić information content (AvgIpc) is 2.79. The molecule has 3 rings (SSSR count). The first-order valence-corrected chi connectivity index (χ1v) is 6.41. The fraction of sp³-hybridized carbons (Fsp3) is 0.538. The zero-order valence-electron chi connectivity index (χ0n) is 9.26. The molecule has 0 spiro atoms. The van der Waals surface area contributed by atoms with Gasteiger partial charge in [0.15, 0.2) is 0 Å². The van der Waals surface area contributed by atoms with E-state index in [0.717, 1.165) is 30.3 Å². The first-order valence-electron chi connectivity index (χ1n) is 6.03. The number of fused-ring (bicyclic) bond motifs is 1. The molecule has 1 N–H and O–H groups in total. The number of rotatable bonds is 1. The molecule has 0 bridgehead atoms. The molecule has 1 aromatic carbocycles. The molecule has 1 atom stereocenters. The second-order valence-corrected chi connectivity index (χ2v) is 5.00. The molecule has 0 amide bonds. The van der Waals surface area contributed by atoms with Crippen molar-refractivity contribution in [2.75, 3.05) is 13.2 Å². The molecule has 3 heteroatoms. The largest absolute Gasteiger partial charge is 0.491 e. The van der Waals surface area contributed by atoms with E-state index in [2.05, 4.69) is 17.4 Å². The lowest BCUT2D eigenvalue weighted by molar-refractivity contribution is 0.357. The molecule has 16 heavy (non-hydrogen) atoms. The van der Waals surface area contributed by atoms with Crippen LogP contribution in [-0.4, -0.2) is 13.2 Å². The van der Waals surface area contributed by atoms with Crippen molar-refractivity contribution >= 4 is 11.6 Å². The molecule has 1 fully saturated rings. The average molecular weight is 238 g/mol. The Bertz CT molecular complexity index is 399. The van der Waals surface area contributed by atoms with Gasteiger partial charge in [-0.15, -0.1) is 0 Å². The SMILES string of the molecule is Clc1cc(C2CCCCN2)cc2c1OCC2. The lowest BCUT2D eigenvalue weighted by Gasteiger charge is -2.24. The van der Waals surface area contributed by atoms with Crippen LogP contribution in [0.1, 0.15) is 36.4 Å². The van der Waals surface area contributed by atoms with E-state index in [1.54, 1.807) is 0 Å². The summed E-state index contributed by atoms with van der Waals surface area (Å²) in [4.78, 5) is 0. The summed E-state index contributed by atoms with van der Waals surface area (Å²) in [6.07, 6.45) is 4.81. The van der Waals surface area contributed by atoms with Crippen LogP contribution in [0.15, 0.2) is 12.1 Å². The Morgan fingerprint density at radius 1 is 1.31 bits per heavy atom. The minimum absolute atomic E-state index is 0.483. The number of piperidine rings is 1. The van der Waals surface area contributed by atoms with Gasteiger partial charge in [-0.25, -0.2) is 0 Å². The molecule has 2 nitrogen and oxygen atoms in total. The first kappa shape index (κ1) is 10.4. The summed E-state index contributed by atoms with van der Waals surface area (Å²) < 4.78 is 5.52. The third-order valence-electron chi connectivity index (χ3n) is 3.47. The van der Waals surface area contributed by atoms with E-state index in [1.165, 1.54) is 30.4 Å². The van der Waals surface area contributed by atoms with Crippen molar-refractivity contribution < 1.29 is 4.74 Å². The van der Waals surface area contributed by atoms with Gasteiger partial charge in [0.05, 0.1) is 11.6 Å². The summed E-state index contributed by atoms with van der Waals surface area (Å²) in [7, 11) is 0. The van der Waals surface area contributed by atoms with E-state index in [1.807, 2.05) is 0 Å². The number of nitrogens with one attached hydrogen (secondary N) is 1. The van der Waals surface area contributed by atoms with E-state index in [4.69, 9.17) is 16.3 Å². The summed E-state index contributed by atoms with van der Waals surface area (Å²) in [6.45, 7) is 1.90. The smallest absolute Gasteiger partial charge is 0.141 e. The van der Waals surface area contributed by atoms with E-state index in [0.29, 0.717) is 6.04 Å². The van der Waals surface area contributed by atoms with Gasteiger partial charge in [-0.2, -0.15) is 0 Å². The lowest BCUT2D eigenvalue weighted by Crippen LogP contribution is -2.26. The van der Waals surface area contributed by atoms with Crippen LogP contribution in [-0.2, 0) is 6.42 Å². The van der Waals surface area contributed by atoms with E-state index in [-0.39, 0.29) is 0 Å². The number of benzene rings is 1. The van der Waals surface area contributed by atoms with E-state index in [9.17, 15) is 0 Å². The molecule has 1 unspecified atom stereocenters. The molecule has 1 aromatic rings. The van der Waals surface area contributed by atoms with Crippen LogP contribution in [0.2, 0.25) is 5.02 Å². The molecule has 1 saturated heterocycles. The quantitative estimate of drug-likeness (QED) is 0.811. The van der Waals surface area contributed by atoms with Gasteiger partial charge in [-0.3, -0.25) is 0 Å². The fourth-order valence-corrected chi connectivity index (χ4v) is 2.92. The molecule has 0 saturated carbocycles. The molecular formula is C13H16ClNO. The Morgan fingerprint density at radius 2 is 2.25 bits per heavy atom. The summed E-state index contributed by atoms with van der Waals surface area (Å²) in [5.74, 6) is 0.904. The normalized spacial score (nSPS) is 23.9.